The smallest absolute Gasteiger partial charge is 0.119 e. The highest BCUT2D eigenvalue weighted by atomic mass is 16.5. The van der Waals surface area contributed by atoms with E-state index in [9.17, 15) is 0 Å². The third kappa shape index (κ3) is 3.45. The molecule has 3 N–H and O–H groups in total. The van der Waals surface area contributed by atoms with Crippen LogP contribution in [0, 0.1) is 0 Å². The minimum atomic E-state index is 0.119. The van der Waals surface area contributed by atoms with Gasteiger partial charge in [0.1, 0.15) is 5.75 Å². The van der Waals surface area contributed by atoms with Crippen LogP contribution in [0.5, 0.6) is 5.75 Å². The minimum absolute atomic E-state index is 0.119. The monoisotopic (exact) mass is 250 g/mol. The van der Waals surface area contributed by atoms with Crippen LogP contribution in [0.4, 0.5) is 0 Å². The van der Waals surface area contributed by atoms with E-state index in [1.807, 2.05) is 25.1 Å². The summed E-state index contributed by atoms with van der Waals surface area (Å²) >= 11 is 0. The maximum absolute atomic E-state index is 5.66. The molecule has 0 bridgehead atoms. The molecule has 1 heterocycles. The molecule has 0 amide bonds. The zero-order valence-corrected chi connectivity index (χ0v) is 10.9. The van der Waals surface area contributed by atoms with Crippen LogP contribution in [0.15, 0.2) is 24.3 Å². The van der Waals surface area contributed by atoms with Gasteiger partial charge < -0.3 is 9.47 Å². The maximum Gasteiger partial charge on any atom is 0.119 e. The zero-order valence-electron chi connectivity index (χ0n) is 10.9. The summed E-state index contributed by atoms with van der Waals surface area (Å²) in [5, 5.41) is 0. The van der Waals surface area contributed by atoms with Crippen LogP contribution < -0.4 is 16.0 Å². The Labute approximate surface area is 108 Å². The number of nitrogens with one attached hydrogen (secondary N) is 1. The van der Waals surface area contributed by atoms with Crippen LogP contribution in [-0.4, -0.2) is 19.3 Å². The molecule has 2 rings (SSSR count). The van der Waals surface area contributed by atoms with Gasteiger partial charge in [0, 0.05) is 12.6 Å². The van der Waals surface area contributed by atoms with Crippen molar-refractivity contribution >= 4 is 0 Å². The number of nitrogens with two attached hydrogens (primary N) is 1. The summed E-state index contributed by atoms with van der Waals surface area (Å²) in [6.07, 6.45) is 3.51. The van der Waals surface area contributed by atoms with E-state index >= 15 is 0 Å². The Kier molecular flexibility index (Phi) is 4.99. The van der Waals surface area contributed by atoms with E-state index in [-0.39, 0.29) is 6.04 Å². The fourth-order valence-corrected chi connectivity index (χ4v) is 2.38. The number of hydrogen-bond donors (Lipinski definition) is 2. The van der Waals surface area contributed by atoms with Gasteiger partial charge in [-0.05, 0) is 43.9 Å². The molecule has 1 aliphatic heterocycles. The number of benzene rings is 1. The summed E-state index contributed by atoms with van der Waals surface area (Å²) < 4.78 is 11.2. The molecule has 0 saturated carbocycles. The number of hydrazine groups is 1. The Morgan fingerprint density at radius 3 is 3.11 bits per heavy atom. The van der Waals surface area contributed by atoms with Gasteiger partial charge in [0.2, 0.25) is 0 Å². The van der Waals surface area contributed by atoms with Crippen LogP contribution in [0.1, 0.15) is 37.8 Å². The van der Waals surface area contributed by atoms with Gasteiger partial charge in [0.15, 0.2) is 0 Å². The van der Waals surface area contributed by atoms with Crippen LogP contribution >= 0.6 is 0 Å². The van der Waals surface area contributed by atoms with Gasteiger partial charge in [-0.15, -0.1) is 0 Å². The van der Waals surface area contributed by atoms with Crippen molar-refractivity contribution in [3.8, 4) is 5.75 Å². The summed E-state index contributed by atoms with van der Waals surface area (Å²) in [6.45, 7) is 3.54. The highest BCUT2D eigenvalue weighted by molar-refractivity contribution is 5.30. The van der Waals surface area contributed by atoms with Crippen molar-refractivity contribution in [2.45, 2.75) is 38.3 Å². The van der Waals surface area contributed by atoms with E-state index in [0.29, 0.717) is 12.7 Å². The topological polar surface area (TPSA) is 56.5 Å². The summed E-state index contributed by atoms with van der Waals surface area (Å²) in [7, 11) is 0. The third-order valence-corrected chi connectivity index (χ3v) is 3.30. The fraction of sp³-hybridized carbons (Fsp3) is 0.571. The lowest BCUT2D eigenvalue weighted by Crippen LogP contribution is -2.30. The highest BCUT2D eigenvalue weighted by Crippen LogP contribution is 2.26. The van der Waals surface area contributed by atoms with Gasteiger partial charge in [0.25, 0.3) is 0 Å². The second kappa shape index (κ2) is 6.73. The number of rotatable bonds is 6. The summed E-state index contributed by atoms with van der Waals surface area (Å²) in [6, 6.07) is 8.20. The molecule has 1 fully saturated rings. The molecule has 2 atom stereocenters. The minimum Gasteiger partial charge on any atom is -0.494 e. The van der Waals surface area contributed by atoms with Crippen molar-refractivity contribution in [2.24, 2.45) is 5.84 Å². The molecule has 4 heteroatoms. The lowest BCUT2D eigenvalue weighted by atomic mass is 9.99. The average molecular weight is 250 g/mol. The highest BCUT2D eigenvalue weighted by Gasteiger charge is 2.21. The Hall–Kier alpha value is -1.10. The lowest BCUT2D eigenvalue weighted by Gasteiger charge is -2.20. The van der Waals surface area contributed by atoms with Gasteiger partial charge in [-0.25, -0.2) is 0 Å². The predicted octanol–water partition coefficient (Wildman–Crippen LogP) is 2.16. The Balaban J connectivity index is 2.03. The van der Waals surface area contributed by atoms with Crippen LogP contribution in [-0.2, 0) is 4.74 Å². The predicted molar refractivity (Wildman–Crippen MR) is 71.3 cm³/mol. The molecule has 0 aliphatic carbocycles. The molecule has 0 spiro atoms. The Bertz CT molecular complexity index is 365. The van der Waals surface area contributed by atoms with Gasteiger partial charge in [-0.1, -0.05) is 12.1 Å². The maximum atomic E-state index is 5.66. The molecule has 2 unspecified atom stereocenters. The molecule has 100 valence electrons. The largest absolute Gasteiger partial charge is 0.494 e. The van der Waals surface area contributed by atoms with Crippen LogP contribution in [0.25, 0.3) is 0 Å². The normalized spacial score (nSPS) is 20.9. The zero-order chi connectivity index (χ0) is 12.8. The van der Waals surface area contributed by atoms with Crippen molar-refractivity contribution in [3.63, 3.8) is 0 Å². The molecule has 0 radical (unpaired) electrons. The Morgan fingerprint density at radius 1 is 1.56 bits per heavy atom. The summed E-state index contributed by atoms with van der Waals surface area (Å²) in [5.41, 5.74) is 4.03. The molecule has 1 aromatic carbocycles. The average Bonchev–Trinajstić information content (AvgIpc) is 2.89. The SMILES string of the molecule is CCOc1cccc(C(CC2CCCO2)NN)c1. The lowest BCUT2D eigenvalue weighted by molar-refractivity contribution is 0.0945. The van der Waals surface area contributed by atoms with Gasteiger partial charge in [0.05, 0.1) is 12.7 Å². The van der Waals surface area contributed by atoms with Gasteiger partial charge in [-0.3, -0.25) is 11.3 Å². The first kappa shape index (κ1) is 13.3. The second-order valence-corrected chi connectivity index (χ2v) is 4.60. The van der Waals surface area contributed by atoms with E-state index in [1.165, 1.54) is 0 Å². The molecule has 1 saturated heterocycles. The molecule has 1 aliphatic rings. The van der Waals surface area contributed by atoms with Gasteiger partial charge in [-0.2, -0.15) is 0 Å². The van der Waals surface area contributed by atoms with E-state index < -0.39 is 0 Å². The van der Waals surface area contributed by atoms with Crippen molar-refractivity contribution < 1.29 is 9.47 Å². The van der Waals surface area contributed by atoms with Crippen LogP contribution in [0.3, 0.4) is 0 Å². The Morgan fingerprint density at radius 2 is 2.44 bits per heavy atom. The summed E-state index contributed by atoms with van der Waals surface area (Å²) in [5.74, 6) is 6.55. The summed E-state index contributed by atoms with van der Waals surface area (Å²) in [4.78, 5) is 0. The molecule has 1 aromatic rings. The van der Waals surface area contributed by atoms with Crippen molar-refractivity contribution in [1.82, 2.24) is 5.43 Å². The molecule has 18 heavy (non-hydrogen) atoms. The standard InChI is InChI=1S/C14H22N2O2/c1-2-17-12-6-3-5-11(9-12)14(16-15)10-13-7-4-8-18-13/h3,5-6,9,13-14,16H,2,4,7-8,10,15H2,1H3. The van der Waals surface area contributed by atoms with Crippen LogP contribution in [0.2, 0.25) is 0 Å². The molecular formula is C14H22N2O2. The van der Waals surface area contributed by atoms with Crippen molar-refractivity contribution in [3.05, 3.63) is 29.8 Å². The first-order valence-corrected chi connectivity index (χ1v) is 6.64. The molecule has 4 nitrogen and oxygen atoms in total. The van der Waals surface area contributed by atoms with E-state index in [4.69, 9.17) is 15.3 Å². The van der Waals surface area contributed by atoms with Gasteiger partial charge >= 0.3 is 0 Å². The quantitative estimate of drug-likeness (QED) is 0.600. The third-order valence-electron chi connectivity index (χ3n) is 3.30. The first-order chi connectivity index (χ1) is 8.83. The first-order valence-electron chi connectivity index (χ1n) is 6.64. The molecule has 0 aromatic heterocycles. The van der Waals surface area contributed by atoms with Crippen molar-refractivity contribution in [2.75, 3.05) is 13.2 Å². The van der Waals surface area contributed by atoms with E-state index in [1.54, 1.807) is 0 Å². The number of hydrogen-bond acceptors (Lipinski definition) is 4. The van der Waals surface area contributed by atoms with E-state index in [0.717, 1.165) is 37.2 Å². The molecular weight excluding hydrogens is 228 g/mol. The van der Waals surface area contributed by atoms with Crippen molar-refractivity contribution in [1.29, 1.82) is 0 Å². The fourth-order valence-electron chi connectivity index (χ4n) is 2.38. The van der Waals surface area contributed by atoms with E-state index in [2.05, 4.69) is 11.5 Å². The number of ether oxygens (including phenoxy) is 2. The second-order valence-electron chi connectivity index (χ2n) is 4.60.